The maximum absolute atomic E-state index is 12.9. The molecule has 0 N–H and O–H groups in total. The van der Waals surface area contributed by atoms with Crippen LogP contribution >= 0.6 is 0 Å². The fourth-order valence-corrected chi connectivity index (χ4v) is 9.21. The van der Waals surface area contributed by atoms with Crippen molar-refractivity contribution in [3.63, 3.8) is 0 Å². The second-order valence-corrected chi connectivity index (χ2v) is 21.3. The molecule has 0 rings (SSSR count). The van der Waals surface area contributed by atoms with E-state index in [-0.39, 0.29) is 31.1 Å². The molecule has 0 aliphatic carbocycles. The van der Waals surface area contributed by atoms with Crippen molar-refractivity contribution >= 4 is 17.9 Å². The van der Waals surface area contributed by atoms with Gasteiger partial charge in [-0.15, -0.1) is 0 Å². The van der Waals surface area contributed by atoms with E-state index in [2.05, 4.69) is 93.7 Å². The molecule has 0 bridgehead atoms. The third-order valence-electron chi connectivity index (χ3n) is 14.0. The lowest BCUT2D eigenvalue weighted by atomic mass is 10.0. The summed E-state index contributed by atoms with van der Waals surface area (Å²) in [5.41, 5.74) is 0. The molecule has 0 radical (unpaired) electrons. The lowest BCUT2D eigenvalue weighted by Crippen LogP contribution is -2.30. The van der Waals surface area contributed by atoms with Crippen molar-refractivity contribution in [3.8, 4) is 0 Å². The summed E-state index contributed by atoms with van der Waals surface area (Å²) in [7, 11) is 0. The minimum absolute atomic E-state index is 0.0729. The van der Waals surface area contributed by atoms with E-state index in [1.165, 1.54) is 180 Å². The highest BCUT2D eigenvalue weighted by Crippen LogP contribution is 2.17. The van der Waals surface area contributed by atoms with E-state index in [1.807, 2.05) is 0 Å². The lowest BCUT2D eigenvalue weighted by Gasteiger charge is -2.18. The minimum Gasteiger partial charge on any atom is -0.462 e. The summed E-state index contributed by atoms with van der Waals surface area (Å²) < 4.78 is 16.9. The number of rotatable bonds is 58. The average molecular weight is 1030 g/mol. The van der Waals surface area contributed by atoms with E-state index in [1.54, 1.807) is 0 Å². The van der Waals surface area contributed by atoms with Crippen molar-refractivity contribution in [1.82, 2.24) is 0 Å². The van der Waals surface area contributed by atoms with Gasteiger partial charge in [0.1, 0.15) is 13.2 Å². The van der Waals surface area contributed by atoms with Gasteiger partial charge in [-0.05, 0) is 70.6 Å². The predicted molar refractivity (Wildman–Crippen MR) is 321 cm³/mol. The smallest absolute Gasteiger partial charge is 0.306 e. The Morgan fingerprint density at radius 1 is 0.284 bits per heavy atom. The van der Waals surface area contributed by atoms with Gasteiger partial charge in [0, 0.05) is 19.3 Å². The molecule has 6 nitrogen and oxygen atoms in total. The van der Waals surface area contributed by atoms with Gasteiger partial charge >= 0.3 is 17.9 Å². The number of hydrogen-bond donors (Lipinski definition) is 0. The van der Waals surface area contributed by atoms with Gasteiger partial charge in [0.25, 0.3) is 0 Å². The largest absolute Gasteiger partial charge is 0.462 e. The van der Waals surface area contributed by atoms with Crippen LogP contribution in [0.25, 0.3) is 0 Å². The molecule has 1 unspecified atom stereocenters. The van der Waals surface area contributed by atoms with Crippen molar-refractivity contribution in [3.05, 3.63) is 72.9 Å². The Morgan fingerprint density at radius 3 is 0.824 bits per heavy atom. The fraction of sp³-hybridized carbons (Fsp3) is 0.779. The van der Waals surface area contributed by atoms with E-state index >= 15 is 0 Å². The Kier molecular flexibility index (Phi) is 59.7. The molecule has 0 aromatic carbocycles. The summed E-state index contributed by atoms with van der Waals surface area (Å²) in [4.78, 5) is 38.3. The Hall–Kier alpha value is -3.15. The molecule has 0 amide bonds. The number of allylic oxidation sites excluding steroid dienone is 12. The van der Waals surface area contributed by atoms with Crippen LogP contribution in [-0.4, -0.2) is 37.2 Å². The quantitative estimate of drug-likeness (QED) is 0.0261. The third-order valence-corrected chi connectivity index (χ3v) is 14.0. The first-order chi connectivity index (χ1) is 36.5. The molecule has 74 heavy (non-hydrogen) atoms. The summed E-state index contributed by atoms with van der Waals surface area (Å²) in [5, 5.41) is 0. The van der Waals surface area contributed by atoms with Crippen LogP contribution in [0.2, 0.25) is 0 Å². The van der Waals surface area contributed by atoms with Gasteiger partial charge in [0.2, 0.25) is 0 Å². The maximum atomic E-state index is 12.9. The van der Waals surface area contributed by atoms with Gasteiger partial charge in [-0.2, -0.15) is 0 Å². The van der Waals surface area contributed by atoms with Gasteiger partial charge in [0.15, 0.2) is 6.10 Å². The van der Waals surface area contributed by atoms with Crippen LogP contribution in [0.5, 0.6) is 0 Å². The zero-order chi connectivity index (χ0) is 53.6. The maximum Gasteiger partial charge on any atom is 0.306 e. The van der Waals surface area contributed by atoms with Gasteiger partial charge in [-0.3, -0.25) is 14.4 Å². The van der Waals surface area contributed by atoms with Crippen LogP contribution in [0.4, 0.5) is 0 Å². The molecule has 6 heteroatoms. The van der Waals surface area contributed by atoms with Crippen LogP contribution in [0.3, 0.4) is 0 Å². The Morgan fingerprint density at radius 2 is 0.527 bits per heavy atom. The zero-order valence-corrected chi connectivity index (χ0v) is 49.1. The number of carbonyl (C=O) groups excluding carboxylic acids is 3. The minimum atomic E-state index is -0.775. The molecule has 0 spiro atoms. The molecule has 0 saturated heterocycles. The Labute approximate surface area is 459 Å². The molecule has 0 fully saturated rings. The van der Waals surface area contributed by atoms with E-state index in [0.29, 0.717) is 19.3 Å². The number of unbranched alkanes of at least 4 members (excludes halogenated alkanes) is 35. The molecule has 0 aliphatic heterocycles. The average Bonchev–Trinajstić information content (AvgIpc) is 3.40. The van der Waals surface area contributed by atoms with Crippen molar-refractivity contribution in [1.29, 1.82) is 0 Å². The highest BCUT2D eigenvalue weighted by molar-refractivity contribution is 5.71. The summed E-state index contributed by atoms with van der Waals surface area (Å²) in [6.45, 7) is 6.56. The van der Waals surface area contributed by atoms with E-state index in [0.717, 1.165) is 103 Å². The van der Waals surface area contributed by atoms with Crippen LogP contribution < -0.4 is 0 Å². The van der Waals surface area contributed by atoms with Crippen molar-refractivity contribution < 1.29 is 28.6 Å². The summed E-state index contributed by atoms with van der Waals surface area (Å²) in [6.07, 6.45) is 80.5. The van der Waals surface area contributed by atoms with Crippen LogP contribution in [-0.2, 0) is 28.6 Å². The SMILES string of the molecule is CC/C=C\C/C=C\C/C=C\C/C=C\C/C=C\C/C=C\CCCCCCCCCCC(=O)OCC(COC(=O)CCCCCCCCCCCCCC)OC(=O)CCCCCCCCCCCCCCCCCCC. The molecule has 428 valence electrons. The van der Waals surface area contributed by atoms with Gasteiger partial charge < -0.3 is 14.2 Å². The Balaban J connectivity index is 4.28. The normalized spacial score (nSPS) is 12.5. The summed E-state index contributed by atoms with van der Waals surface area (Å²) in [6, 6.07) is 0. The molecule has 1 atom stereocenters. The first-order valence-electron chi connectivity index (χ1n) is 31.9. The molecule has 0 saturated carbocycles. The summed E-state index contributed by atoms with van der Waals surface area (Å²) >= 11 is 0. The Bertz CT molecular complexity index is 1370. The number of hydrogen-bond acceptors (Lipinski definition) is 6. The standard InChI is InChI=1S/C68H120O6/c1-4-7-10-13-16-19-22-25-27-29-30-31-32-33-34-35-36-37-38-40-41-43-46-49-52-55-58-61-67(70)73-64-65(63-72-66(69)60-57-54-51-48-45-24-21-18-15-12-9-6-3)74-68(71)62-59-56-53-50-47-44-42-39-28-26-23-20-17-14-11-8-5-2/h7,10,16,19,25,27,30-31,33-34,36-37,65H,4-6,8-9,11-15,17-18,20-24,26,28-29,32,35,38-64H2,1-3H3/b10-7-,19-16-,27-25-,31-30-,34-33-,37-36-. The molecule has 0 heterocycles. The van der Waals surface area contributed by atoms with Gasteiger partial charge in [-0.25, -0.2) is 0 Å². The number of esters is 3. The van der Waals surface area contributed by atoms with Crippen LogP contribution in [0.15, 0.2) is 72.9 Å². The molecular formula is C68H120O6. The molecule has 0 aromatic heterocycles. The number of ether oxygens (including phenoxy) is 3. The molecule has 0 aromatic rings. The van der Waals surface area contributed by atoms with Gasteiger partial charge in [0.05, 0.1) is 0 Å². The van der Waals surface area contributed by atoms with E-state index in [4.69, 9.17) is 14.2 Å². The van der Waals surface area contributed by atoms with E-state index in [9.17, 15) is 14.4 Å². The van der Waals surface area contributed by atoms with Gasteiger partial charge in [-0.1, -0.05) is 306 Å². The third kappa shape index (κ3) is 59.7. The van der Waals surface area contributed by atoms with Crippen LogP contribution in [0.1, 0.15) is 323 Å². The first-order valence-corrected chi connectivity index (χ1v) is 31.9. The molecular weight excluding hydrogens is 913 g/mol. The number of carbonyl (C=O) groups is 3. The summed E-state index contributed by atoms with van der Waals surface area (Å²) in [5.74, 6) is -0.864. The topological polar surface area (TPSA) is 78.9 Å². The fourth-order valence-electron chi connectivity index (χ4n) is 9.21. The van der Waals surface area contributed by atoms with Crippen molar-refractivity contribution in [2.24, 2.45) is 0 Å². The predicted octanol–water partition coefficient (Wildman–Crippen LogP) is 21.7. The monoisotopic (exact) mass is 1030 g/mol. The highest BCUT2D eigenvalue weighted by Gasteiger charge is 2.19. The first kappa shape index (κ1) is 70.8. The van der Waals surface area contributed by atoms with Crippen molar-refractivity contribution in [2.45, 2.75) is 329 Å². The van der Waals surface area contributed by atoms with Crippen LogP contribution in [0, 0.1) is 0 Å². The second-order valence-electron chi connectivity index (χ2n) is 21.3. The highest BCUT2D eigenvalue weighted by atomic mass is 16.6. The molecule has 0 aliphatic rings. The van der Waals surface area contributed by atoms with E-state index < -0.39 is 6.10 Å². The lowest BCUT2D eigenvalue weighted by molar-refractivity contribution is -0.167. The van der Waals surface area contributed by atoms with Crippen molar-refractivity contribution in [2.75, 3.05) is 13.2 Å². The zero-order valence-electron chi connectivity index (χ0n) is 49.1. The second kappa shape index (κ2) is 62.4.